The van der Waals surface area contributed by atoms with Gasteiger partial charge in [0.15, 0.2) is 0 Å². The van der Waals surface area contributed by atoms with Crippen LogP contribution >= 0.6 is 23.2 Å². The molecular formula is C22H19Cl2N3O4S. The van der Waals surface area contributed by atoms with Gasteiger partial charge in [0, 0.05) is 24.7 Å². The van der Waals surface area contributed by atoms with Gasteiger partial charge >= 0.3 is 0 Å². The van der Waals surface area contributed by atoms with Crippen LogP contribution in [-0.2, 0) is 10.0 Å². The number of amides is 2. The van der Waals surface area contributed by atoms with E-state index in [4.69, 9.17) is 23.2 Å². The third kappa shape index (κ3) is 5.28. The van der Waals surface area contributed by atoms with E-state index in [1.54, 1.807) is 48.5 Å². The van der Waals surface area contributed by atoms with Crippen molar-refractivity contribution in [1.29, 1.82) is 0 Å². The van der Waals surface area contributed by atoms with Gasteiger partial charge in [-0.15, -0.1) is 0 Å². The number of carbonyl (C=O) groups excluding carboxylic acids is 2. The third-order valence-electron chi connectivity index (χ3n) is 4.49. The predicted octanol–water partition coefficient (Wildman–Crippen LogP) is 4.75. The molecule has 10 heteroatoms. The van der Waals surface area contributed by atoms with Crippen LogP contribution in [0.25, 0.3) is 0 Å². The first-order chi connectivity index (χ1) is 15.1. The minimum absolute atomic E-state index is 0.0200. The number of hydrogen-bond donors (Lipinski definition) is 2. The highest BCUT2D eigenvalue weighted by Crippen LogP contribution is 2.26. The molecule has 2 amide bonds. The van der Waals surface area contributed by atoms with E-state index in [0.717, 1.165) is 4.31 Å². The SMILES string of the molecule is CN(C)S(=O)(=O)c1ccc(Cl)c(C(=O)Nc2ccccc2NC(=O)c2ccc(Cl)cc2)c1. The number of para-hydroxylation sites is 2. The quantitative estimate of drug-likeness (QED) is 0.519. The lowest BCUT2D eigenvalue weighted by Gasteiger charge is -2.15. The second kappa shape index (κ2) is 9.70. The molecule has 0 heterocycles. The van der Waals surface area contributed by atoms with Crippen molar-refractivity contribution in [2.24, 2.45) is 0 Å². The highest BCUT2D eigenvalue weighted by Gasteiger charge is 2.21. The summed E-state index contributed by atoms with van der Waals surface area (Å²) in [5, 5.41) is 6.00. The Labute approximate surface area is 196 Å². The molecule has 0 spiro atoms. The summed E-state index contributed by atoms with van der Waals surface area (Å²) in [7, 11) is -0.968. The summed E-state index contributed by atoms with van der Waals surface area (Å²) in [6.45, 7) is 0. The monoisotopic (exact) mass is 491 g/mol. The number of sulfonamides is 1. The van der Waals surface area contributed by atoms with Crippen LogP contribution in [-0.4, -0.2) is 38.6 Å². The van der Waals surface area contributed by atoms with E-state index in [-0.39, 0.29) is 21.4 Å². The number of halogens is 2. The number of rotatable bonds is 6. The van der Waals surface area contributed by atoms with Crippen molar-refractivity contribution >= 4 is 56.4 Å². The van der Waals surface area contributed by atoms with Crippen molar-refractivity contribution in [3.8, 4) is 0 Å². The first kappa shape index (κ1) is 23.7. The normalized spacial score (nSPS) is 11.3. The van der Waals surface area contributed by atoms with Crippen LogP contribution in [0.2, 0.25) is 10.0 Å². The molecule has 0 radical (unpaired) electrons. The molecule has 2 N–H and O–H groups in total. The van der Waals surface area contributed by atoms with Gasteiger partial charge in [-0.25, -0.2) is 12.7 Å². The van der Waals surface area contributed by atoms with E-state index in [1.165, 1.54) is 32.3 Å². The zero-order chi connectivity index (χ0) is 23.5. The van der Waals surface area contributed by atoms with Gasteiger partial charge in [-0.3, -0.25) is 9.59 Å². The zero-order valence-corrected chi connectivity index (χ0v) is 19.4. The number of hydrogen-bond acceptors (Lipinski definition) is 4. The van der Waals surface area contributed by atoms with Gasteiger partial charge in [0.05, 0.1) is 26.9 Å². The van der Waals surface area contributed by atoms with Crippen molar-refractivity contribution in [2.45, 2.75) is 4.90 Å². The number of nitrogens with zero attached hydrogens (tertiary/aromatic N) is 1. The van der Waals surface area contributed by atoms with Crippen LogP contribution in [0, 0.1) is 0 Å². The second-order valence-corrected chi connectivity index (χ2v) is 9.89. The molecule has 0 fully saturated rings. The van der Waals surface area contributed by atoms with Gasteiger partial charge in [0.25, 0.3) is 11.8 Å². The fraction of sp³-hybridized carbons (Fsp3) is 0.0909. The predicted molar refractivity (Wildman–Crippen MR) is 126 cm³/mol. The summed E-state index contributed by atoms with van der Waals surface area (Å²) < 4.78 is 25.8. The minimum Gasteiger partial charge on any atom is -0.320 e. The maximum atomic E-state index is 12.9. The summed E-state index contributed by atoms with van der Waals surface area (Å²) in [6.07, 6.45) is 0. The fourth-order valence-electron chi connectivity index (χ4n) is 2.74. The molecular weight excluding hydrogens is 473 g/mol. The van der Waals surface area contributed by atoms with E-state index in [9.17, 15) is 18.0 Å². The summed E-state index contributed by atoms with van der Waals surface area (Å²) >= 11 is 12.0. The number of nitrogens with one attached hydrogen (secondary N) is 2. The van der Waals surface area contributed by atoms with Crippen molar-refractivity contribution in [1.82, 2.24) is 4.31 Å². The number of carbonyl (C=O) groups is 2. The van der Waals surface area contributed by atoms with E-state index < -0.39 is 15.9 Å². The third-order valence-corrected chi connectivity index (χ3v) is 6.88. The number of anilines is 2. The molecule has 3 aromatic rings. The lowest BCUT2D eigenvalue weighted by molar-refractivity contribution is 0.101. The van der Waals surface area contributed by atoms with Crippen LogP contribution in [0.5, 0.6) is 0 Å². The Morgan fingerprint density at radius 2 is 1.38 bits per heavy atom. The van der Waals surface area contributed by atoms with Crippen LogP contribution < -0.4 is 10.6 Å². The van der Waals surface area contributed by atoms with Gasteiger partial charge in [0.1, 0.15) is 0 Å². The molecule has 0 saturated heterocycles. The topological polar surface area (TPSA) is 95.6 Å². The lowest BCUT2D eigenvalue weighted by atomic mass is 10.1. The van der Waals surface area contributed by atoms with Gasteiger partial charge in [-0.2, -0.15) is 0 Å². The molecule has 0 aliphatic heterocycles. The van der Waals surface area contributed by atoms with Crippen LogP contribution in [0.15, 0.2) is 71.6 Å². The Morgan fingerprint density at radius 3 is 1.94 bits per heavy atom. The van der Waals surface area contributed by atoms with Crippen molar-refractivity contribution in [2.75, 3.05) is 24.7 Å². The summed E-state index contributed by atoms with van der Waals surface area (Å²) in [5.74, 6) is -1.01. The zero-order valence-electron chi connectivity index (χ0n) is 17.1. The van der Waals surface area contributed by atoms with Gasteiger partial charge < -0.3 is 10.6 Å². The molecule has 3 aromatic carbocycles. The Kier molecular flexibility index (Phi) is 7.20. The highest BCUT2D eigenvalue weighted by molar-refractivity contribution is 7.89. The molecule has 0 aliphatic rings. The first-order valence-corrected chi connectivity index (χ1v) is 11.5. The van der Waals surface area contributed by atoms with Crippen LogP contribution in [0.1, 0.15) is 20.7 Å². The van der Waals surface area contributed by atoms with Crippen molar-refractivity contribution < 1.29 is 18.0 Å². The Morgan fingerprint density at radius 1 is 0.812 bits per heavy atom. The summed E-state index contributed by atoms with van der Waals surface area (Å²) in [6, 6.07) is 16.8. The smallest absolute Gasteiger partial charge is 0.257 e. The molecule has 0 bridgehead atoms. The van der Waals surface area contributed by atoms with Gasteiger partial charge in [-0.05, 0) is 54.6 Å². The first-order valence-electron chi connectivity index (χ1n) is 9.29. The molecule has 0 unspecified atom stereocenters. The largest absolute Gasteiger partial charge is 0.320 e. The van der Waals surface area contributed by atoms with E-state index >= 15 is 0 Å². The molecule has 0 saturated carbocycles. The molecule has 166 valence electrons. The summed E-state index contributed by atoms with van der Waals surface area (Å²) in [4.78, 5) is 25.4. The van der Waals surface area contributed by atoms with Crippen LogP contribution in [0.3, 0.4) is 0 Å². The molecule has 32 heavy (non-hydrogen) atoms. The van der Waals surface area contributed by atoms with E-state index in [1.807, 2.05) is 0 Å². The maximum absolute atomic E-state index is 12.9. The standard InChI is InChI=1S/C22H19Cl2N3O4S/c1-27(2)32(30,31)16-11-12-18(24)17(13-16)22(29)26-20-6-4-3-5-19(20)25-21(28)14-7-9-15(23)10-8-14/h3-13H,1-2H3,(H,25,28)(H,26,29). The van der Waals surface area contributed by atoms with E-state index in [0.29, 0.717) is 22.0 Å². The van der Waals surface area contributed by atoms with Gasteiger partial charge in [-0.1, -0.05) is 35.3 Å². The molecule has 0 aliphatic carbocycles. The Hall–Kier alpha value is -2.91. The molecule has 0 atom stereocenters. The second-order valence-electron chi connectivity index (χ2n) is 6.89. The van der Waals surface area contributed by atoms with Crippen molar-refractivity contribution in [3.05, 3.63) is 87.9 Å². The van der Waals surface area contributed by atoms with E-state index in [2.05, 4.69) is 10.6 Å². The Balaban J connectivity index is 1.86. The highest BCUT2D eigenvalue weighted by atomic mass is 35.5. The Bertz CT molecular complexity index is 1280. The maximum Gasteiger partial charge on any atom is 0.257 e. The molecule has 7 nitrogen and oxygen atoms in total. The van der Waals surface area contributed by atoms with Crippen LogP contribution in [0.4, 0.5) is 11.4 Å². The average molecular weight is 492 g/mol. The number of benzene rings is 3. The molecule has 3 rings (SSSR count). The van der Waals surface area contributed by atoms with Gasteiger partial charge in [0.2, 0.25) is 10.0 Å². The molecule has 0 aromatic heterocycles. The summed E-state index contributed by atoms with van der Waals surface area (Å²) in [5.41, 5.74) is 1.04. The van der Waals surface area contributed by atoms with Crippen molar-refractivity contribution in [3.63, 3.8) is 0 Å². The minimum atomic E-state index is -3.75. The fourth-order valence-corrected chi connectivity index (χ4v) is 3.99. The lowest BCUT2D eigenvalue weighted by Crippen LogP contribution is -2.23. The average Bonchev–Trinajstić information content (AvgIpc) is 2.75.